The van der Waals surface area contributed by atoms with E-state index in [2.05, 4.69) is 33.1 Å². The molecule has 0 saturated carbocycles. The van der Waals surface area contributed by atoms with E-state index in [4.69, 9.17) is 4.12 Å². The molecular weight excluding hydrogens is 360 g/mol. The first-order chi connectivity index (χ1) is 13.0. The van der Waals surface area contributed by atoms with E-state index in [1.165, 1.54) is 122 Å². The summed E-state index contributed by atoms with van der Waals surface area (Å²) in [5.74, 6) is 0. The molecule has 3 heteroatoms. The zero-order valence-electron chi connectivity index (χ0n) is 19.8. The minimum Gasteiger partial charge on any atom is -0.456 e. The molecule has 0 aliphatic carbocycles. The Morgan fingerprint density at radius 1 is 0.519 bits per heavy atom. The number of hydrogen-bond acceptors (Lipinski definition) is 1. The van der Waals surface area contributed by atoms with Crippen LogP contribution in [0.3, 0.4) is 0 Å². The van der Waals surface area contributed by atoms with Gasteiger partial charge in [-0.25, -0.2) is 0 Å². The molecule has 0 atom stereocenters. The van der Waals surface area contributed by atoms with Gasteiger partial charge < -0.3 is 4.12 Å². The maximum atomic E-state index is 6.21. The SMILES string of the molecule is CCCCCCCCCCCCCCCCCCCC[Si](C)O[Si](C)(C)C. The number of rotatable bonds is 21. The maximum Gasteiger partial charge on any atom is 0.194 e. The van der Waals surface area contributed by atoms with Crippen LogP contribution in [0, 0.1) is 0 Å². The fourth-order valence-corrected chi connectivity index (χ4v) is 9.19. The van der Waals surface area contributed by atoms with Gasteiger partial charge in [-0.3, -0.25) is 0 Å². The van der Waals surface area contributed by atoms with Gasteiger partial charge in [0.15, 0.2) is 17.4 Å². The van der Waals surface area contributed by atoms with Crippen LogP contribution >= 0.6 is 0 Å². The van der Waals surface area contributed by atoms with Crippen LogP contribution in [0.5, 0.6) is 0 Å². The predicted molar refractivity (Wildman–Crippen MR) is 130 cm³/mol. The number of unbranched alkanes of at least 4 members (excludes halogenated alkanes) is 17. The Morgan fingerprint density at radius 2 is 0.815 bits per heavy atom. The number of hydrogen-bond donors (Lipinski definition) is 0. The maximum absolute atomic E-state index is 6.21. The quantitative estimate of drug-likeness (QED) is 0.134. The Bertz CT molecular complexity index is 289. The topological polar surface area (TPSA) is 9.23 Å². The van der Waals surface area contributed by atoms with Crippen LogP contribution in [-0.4, -0.2) is 17.4 Å². The molecule has 0 aromatic rings. The summed E-state index contributed by atoms with van der Waals surface area (Å²) in [4.78, 5) is 0. The molecule has 0 N–H and O–H groups in total. The normalized spacial score (nSPS) is 12.2. The van der Waals surface area contributed by atoms with Crippen LogP contribution < -0.4 is 0 Å². The average molecular weight is 414 g/mol. The fraction of sp³-hybridized carbons (Fsp3) is 1.00. The van der Waals surface area contributed by atoms with E-state index in [9.17, 15) is 0 Å². The van der Waals surface area contributed by atoms with Crippen molar-refractivity contribution in [2.45, 2.75) is 155 Å². The van der Waals surface area contributed by atoms with Gasteiger partial charge in [-0.2, -0.15) is 0 Å². The summed E-state index contributed by atoms with van der Waals surface area (Å²) in [6.45, 7) is 11.6. The smallest absolute Gasteiger partial charge is 0.194 e. The lowest BCUT2D eigenvalue weighted by atomic mass is 10.0. The van der Waals surface area contributed by atoms with Crippen molar-refractivity contribution < 1.29 is 4.12 Å². The van der Waals surface area contributed by atoms with E-state index >= 15 is 0 Å². The summed E-state index contributed by atoms with van der Waals surface area (Å²) >= 11 is 0. The van der Waals surface area contributed by atoms with Gasteiger partial charge in [-0.1, -0.05) is 122 Å². The summed E-state index contributed by atoms with van der Waals surface area (Å²) in [5, 5.41) is 0. The van der Waals surface area contributed by atoms with Crippen molar-refractivity contribution in [1.82, 2.24) is 0 Å². The van der Waals surface area contributed by atoms with Crippen molar-refractivity contribution in [1.29, 1.82) is 0 Å². The third-order valence-corrected chi connectivity index (χ3v) is 10.3. The second kappa shape index (κ2) is 19.7. The molecule has 0 unspecified atom stereocenters. The third-order valence-electron chi connectivity index (χ3n) is 5.36. The van der Waals surface area contributed by atoms with Gasteiger partial charge >= 0.3 is 0 Å². The molecule has 0 bridgehead atoms. The molecule has 0 amide bonds. The first kappa shape index (κ1) is 27.4. The molecule has 0 aromatic heterocycles. The van der Waals surface area contributed by atoms with Gasteiger partial charge in [0.2, 0.25) is 0 Å². The van der Waals surface area contributed by atoms with E-state index in [1.54, 1.807) is 0 Å². The summed E-state index contributed by atoms with van der Waals surface area (Å²) in [5.41, 5.74) is 0. The molecular formula is C24H53OSi2. The lowest BCUT2D eigenvalue weighted by Gasteiger charge is -2.22. The fourth-order valence-electron chi connectivity index (χ4n) is 3.85. The molecule has 0 aliphatic rings. The van der Waals surface area contributed by atoms with Gasteiger partial charge in [-0.05, 0) is 32.2 Å². The Kier molecular flexibility index (Phi) is 20.0. The zero-order valence-corrected chi connectivity index (χ0v) is 21.8. The molecule has 0 rings (SSSR count). The largest absolute Gasteiger partial charge is 0.456 e. The molecule has 0 spiro atoms. The van der Waals surface area contributed by atoms with Crippen molar-refractivity contribution in [3.63, 3.8) is 0 Å². The second-order valence-corrected chi connectivity index (χ2v) is 16.6. The monoisotopic (exact) mass is 413 g/mol. The van der Waals surface area contributed by atoms with Gasteiger partial charge in [0.1, 0.15) is 0 Å². The summed E-state index contributed by atoms with van der Waals surface area (Å²) in [6.07, 6.45) is 26.2. The predicted octanol–water partition coefficient (Wildman–Crippen LogP) is 9.50. The Balaban J connectivity index is 3.11. The van der Waals surface area contributed by atoms with Crippen LogP contribution in [0.4, 0.5) is 0 Å². The van der Waals surface area contributed by atoms with Crippen LogP contribution in [-0.2, 0) is 4.12 Å². The van der Waals surface area contributed by atoms with Crippen LogP contribution in [0.25, 0.3) is 0 Å². The highest BCUT2D eigenvalue weighted by Crippen LogP contribution is 2.16. The molecule has 0 fully saturated rings. The Morgan fingerprint density at radius 3 is 1.11 bits per heavy atom. The minimum absolute atomic E-state index is 0.506. The standard InChI is InChI=1S/C24H53OSi2/c1-6-7-8-9-10-11-12-13-14-15-16-17-18-19-20-21-22-23-24-26(2)25-27(3,4)5/h6-24H2,1-5H3. The first-order valence-corrected chi connectivity index (χ1v) is 18.0. The van der Waals surface area contributed by atoms with Gasteiger partial charge in [0, 0.05) is 0 Å². The molecule has 0 heterocycles. The van der Waals surface area contributed by atoms with Crippen molar-refractivity contribution in [2.24, 2.45) is 0 Å². The molecule has 163 valence electrons. The minimum atomic E-state index is -1.29. The molecule has 0 aromatic carbocycles. The van der Waals surface area contributed by atoms with Gasteiger partial charge in [0.05, 0.1) is 0 Å². The molecule has 0 aliphatic heterocycles. The van der Waals surface area contributed by atoms with E-state index in [1.807, 2.05) is 0 Å². The highest BCUT2D eigenvalue weighted by molar-refractivity contribution is 6.77. The summed E-state index contributed by atoms with van der Waals surface area (Å²) < 4.78 is 6.21. The van der Waals surface area contributed by atoms with E-state index in [-0.39, 0.29) is 0 Å². The first-order valence-electron chi connectivity index (χ1n) is 12.5. The summed E-state index contributed by atoms with van der Waals surface area (Å²) in [6, 6.07) is 1.35. The average Bonchev–Trinajstić information content (AvgIpc) is 2.59. The van der Waals surface area contributed by atoms with Crippen molar-refractivity contribution in [3.05, 3.63) is 0 Å². The molecule has 0 saturated heterocycles. The van der Waals surface area contributed by atoms with E-state index in [0.29, 0.717) is 0 Å². The second-order valence-electron chi connectivity index (χ2n) is 9.68. The molecule has 1 nitrogen and oxygen atoms in total. The van der Waals surface area contributed by atoms with Crippen LogP contribution in [0.15, 0.2) is 0 Å². The van der Waals surface area contributed by atoms with Crippen molar-refractivity contribution in [2.75, 3.05) is 0 Å². The van der Waals surface area contributed by atoms with Gasteiger partial charge in [0.25, 0.3) is 0 Å². The Labute approximate surface area is 176 Å². The highest BCUT2D eigenvalue weighted by atomic mass is 28.4. The third kappa shape index (κ3) is 24.4. The molecule has 1 radical (unpaired) electrons. The van der Waals surface area contributed by atoms with Crippen molar-refractivity contribution >= 4 is 17.4 Å². The van der Waals surface area contributed by atoms with Gasteiger partial charge in [-0.15, -0.1) is 0 Å². The van der Waals surface area contributed by atoms with E-state index < -0.39 is 17.4 Å². The van der Waals surface area contributed by atoms with E-state index in [0.717, 1.165) is 0 Å². The van der Waals surface area contributed by atoms with Crippen LogP contribution in [0.1, 0.15) is 122 Å². The van der Waals surface area contributed by atoms with Crippen molar-refractivity contribution in [3.8, 4) is 0 Å². The highest BCUT2D eigenvalue weighted by Gasteiger charge is 2.18. The lowest BCUT2D eigenvalue weighted by molar-refractivity contribution is 0.524. The Hall–Kier alpha value is 0.394. The zero-order chi connectivity index (χ0) is 20.2. The summed E-state index contributed by atoms with van der Waals surface area (Å²) in [7, 11) is -1.80. The molecule has 27 heavy (non-hydrogen) atoms. The lowest BCUT2D eigenvalue weighted by Crippen LogP contribution is -2.32. The van der Waals surface area contributed by atoms with Crippen LogP contribution in [0.2, 0.25) is 32.2 Å².